The zero-order valence-electron chi connectivity index (χ0n) is 13.6. The van der Waals surface area contributed by atoms with E-state index in [0.29, 0.717) is 17.2 Å². The van der Waals surface area contributed by atoms with Crippen LogP contribution in [0.25, 0.3) is 0 Å². The fourth-order valence-corrected chi connectivity index (χ4v) is 2.99. The Labute approximate surface area is 127 Å². The lowest BCUT2D eigenvalue weighted by molar-refractivity contribution is 0.101. The molecule has 1 fully saturated rings. The summed E-state index contributed by atoms with van der Waals surface area (Å²) < 4.78 is 5.35. The third-order valence-electron chi connectivity index (χ3n) is 3.91. The molecule has 0 atom stereocenters. The molecular weight excluding hydrogens is 264 g/mol. The van der Waals surface area contributed by atoms with Crippen molar-refractivity contribution in [3.8, 4) is 5.75 Å². The molecule has 116 valence electrons. The molecule has 0 aliphatic carbocycles. The number of anilines is 1. The summed E-state index contributed by atoms with van der Waals surface area (Å²) in [6, 6.07) is 5.84. The first-order valence-electron chi connectivity index (χ1n) is 7.68. The molecule has 0 saturated carbocycles. The van der Waals surface area contributed by atoms with E-state index in [1.165, 1.54) is 0 Å². The minimum atomic E-state index is 0.0621. The van der Waals surface area contributed by atoms with Crippen molar-refractivity contribution < 1.29 is 9.53 Å². The minimum absolute atomic E-state index is 0.0621. The molecule has 0 amide bonds. The van der Waals surface area contributed by atoms with E-state index in [2.05, 4.69) is 23.6 Å². The van der Waals surface area contributed by atoms with Crippen LogP contribution in [-0.2, 0) is 0 Å². The standard InChI is InChI=1S/C17H26N2O2/c1-13(2)12-18-8-10-19(11-9-18)15-6-5-7-16(21-4)17(15)14(3)20/h5-7,13H,8-12H2,1-4H3. The normalized spacial score (nSPS) is 16.3. The molecule has 0 radical (unpaired) electrons. The zero-order chi connectivity index (χ0) is 15.4. The molecule has 21 heavy (non-hydrogen) atoms. The van der Waals surface area contributed by atoms with Crippen molar-refractivity contribution >= 4 is 11.5 Å². The summed E-state index contributed by atoms with van der Waals surface area (Å²) in [5.74, 6) is 1.43. The molecule has 0 aromatic heterocycles. The van der Waals surface area contributed by atoms with Crippen molar-refractivity contribution in [1.82, 2.24) is 4.90 Å². The van der Waals surface area contributed by atoms with Crippen molar-refractivity contribution in [3.63, 3.8) is 0 Å². The van der Waals surface area contributed by atoms with E-state index in [0.717, 1.165) is 38.4 Å². The van der Waals surface area contributed by atoms with E-state index < -0.39 is 0 Å². The molecule has 1 aliphatic heterocycles. The van der Waals surface area contributed by atoms with Gasteiger partial charge in [0, 0.05) is 32.7 Å². The third-order valence-corrected chi connectivity index (χ3v) is 3.91. The van der Waals surface area contributed by atoms with E-state index in [1.54, 1.807) is 14.0 Å². The number of Topliss-reactive ketones (excluding diaryl/α,β-unsaturated/α-hetero) is 1. The number of hydrogen-bond acceptors (Lipinski definition) is 4. The number of piperazine rings is 1. The van der Waals surface area contributed by atoms with Gasteiger partial charge in [0.15, 0.2) is 5.78 Å². The summed E-state index contributed by atoms with van der Waals surface area (Å²) >= 11 is 0. The highest BCUT2D eigenvalue weighted by Gasteiger charge is 2.22. The van der Waals surface area contributed by atoms with Crippen LogP contribution in [0.15, 0.2) is 18.2 Å². The second-order valence-electron chi connectivity index (χ2n) is 6.09. The average molecular weight is 290 g/mol. The molecule has 0 N–H and O–H groups in total. The van der Waals surface area contributed by atoms with Crippen LogP contribution in [-0.4, -0.2) is 50.5 Å². The maximum atomic E-state index is 12.0. The smallest absolute Gasteiger partial charge is 0.165 e. The second-order valence-corrected chi connectivity index (χ2v) is 6.09. The van der Waals surface area contributed by atoms with Crippen LogP contribution in [0.5, 0.6) is 5.75 Å². The largest absolute Gasteiger partial charge is 0.496 e. The maximum absolute atomic E-state index is 12.0. The van der Waals surface area contributed by atoms with Crippen molar-refractivity contribution in [3.05, 3.63) is 23.8 Å². The molecular formula is C17H26N2O2. The number of rotatable bonds is 5. The number of ketones is 1. The Morgan fingerprint density at radius 2 is 1.90 bits per heavy atom. The van der Waals surface area contributed by atoms with Gasteiger partial charge in [-0.05, 0) is 25.0 Å². The quantitative estimate of drug-likeness (QED) is 0.781. The molecule has 1 aliphatic rings. The lowest BCUT2D eigenvalue weighted by atomic mass is 10.1. The number of benzene rings is 1. The number of hydrogen-bond donors (Lipinski definition) is 0. The zero-order valence-corrected chi connectivity index (χ0v) is 13.6. The fourth-order valence-electron chi connectivity index (χ4n) is 2.99. The Bertz CT molecular complexity index is 492. The summed E-state index contributed by atoms with van der Waals surface area (Å²) in [6.07, 6.45) is 0. The van der Waals surface area contributed by atoms with Gasteiger partial charge in [-0.3, -0.25) is 9.69 Å². The SMILES string of the molecule is COc1cccc(N2CCN(CC(C)C)CC2)c1C(C)=O. The van der Waals surface area contributed by atoms with Crippen molar-refractivity contribution in [2.24, 2.45) is 5.92 Å². The highest BCUT2D eigenvalue weighted by atomic mass is 16.5. The van der Waals surface area contributed by atoms with Gasteiger partial charge >= 0.3 is 0 Å². The van der Waals surface area contributed by atoms with E-state index in [1.807, 2.05) is 18.2 Å². The van der Waals surface area contributed by atoms with Crippen molar-refractivity contribution in [2.75, 3.05) is 44.7 Å². The Morgan fingerprint density at radius 1 is 1.24 bits per heavy atom. The van der Waals surface area contributed by atoms with Gasteiger partial charge in [-0.1, -0.05) is 19.9 Å². The van der Waals surface area contributed by atoms with Gasteiger partial charge in [0.25, 0.3) is 0 Å². The Hall–Kier alpha value is -1.55. The summed E-state index contributed by atoms with van der Waals surface area (Å²) in [6.45, 7) is 11.3. The van der Waals surface area contributed by atoms with Crippen LogP contribution in [0.3, 0.4) is 0 Å². The first kappa shape index (κ1) is 15.8. The third kappa shape index (κ3) is 3.76. The Morgan fingerprint density at radius 3 is 2.43 bits per heavy atom. The maximum Gasteiger partial charge on any atom is 0.165 e. The molecule has 1 heterocycles. The van der Waals surface area contributed by atoms with Gasteiger partial charge in [0.1, 0.15) is 5.75 Å². The summed E-state index contributed by atoms with van der Waals surface area (Å²) in [7, 11) is 1.62. The van der Waals surface area contributed by atoms with Gasteiger partial charge in [-0.15, -0.1) is 0 Å². The monoisotopic (exact) mass is 290 g/mol. The summed E-state index contributed by atoms with van der Waals surface area (Å²) in [5, 5.41) is 0. The lowest BCUT2D eigenvalue weighted by Gasteiger charge is -2.37. The summed E-state index contributed by atoms with van der Waals surface area (Å²) in [5.41, 5.74) is 1.71. The van der Waals surface area contributed by atoms with Gasteiger partial charge in [-0.2, -0.15) is 0 Å². The van der Waals surface area contributed by atoms with Crippen LogP contribution in [0.1, 0.15) is 31.1 Å². The van der Waals surface area contributed by atoms with E-state index in [-0.39, 0.29) is 5.78 Å². The highest BCUT2D eigenvalue weighted by Crippen LogP contribution is 2.30. The van der Waals surface area contributed by atoms with Crippen LogP contribution in [0, 0.1) is 5.92 Å². The molecule has 4 nitrogen and oxygen atoms in total. The predicted octanol–water partition coefficient (Wildman–Crippen LogP) is 2.68. The Kier molecular flexibility index (Phi) is 5.23. The Balaban J connectivity index is 2.15. The molecule has 1 aromatic carbocycles. The molecule has 0 spiro atoms. The van der Waals surface area contributed by atoms with Crippen LogP contribution >= 0.6 is 0 Å². The van der Waals surface area contributed by atoms with Crippen LogP contribution in [0.2, 0.25) is 0 Å². The highest BCUT2D eigenvalue weighted by molar-refractivity contribution is 6.02. The summed E-state index contributed by atoms with van der Waals surface area (Å²) in [4.78, 5) is 16.8. The second kappa shape index (κ2) is 6.94. The number of methoxy groups -OCH3 is 1. The minimum Gasteiger partial charge on any atom is -0.496 e. The molecule has 1 saturated heterocycles. The van der Waals surface area contributed by atoms with E-state index in [4.69, 9.17) is 4.74 Å². The molecule has 4 heteroatoms. The molecule has 2 rings (SSSR count). The van der Waals surface area contributed by atoms with Gasteiger partial charge < -0.3 is 9.64 Å². The number of carbonyl (C=O) groups excluding carboxylic acids is 1. The van der Waals surface area contributed by atoms with Crippen LogP contribution < -0.4 is 9.64 Å². The van der Waals surface area contributed by atoms with E-state index >= 15 is 0 Å². The first-order chi connectivity index (χ1) is 10.0. The number of ether oxygens (including phenoxy) is 1. The number of nitrogens with zero attached hydrogens (tertiary/aromatic N) is 2. The van der Waals surface area contributed by atoms with Gasteiger partial charge in [-0.25, -0.2) is 0 Å². The molecule has 0 unspecified atom stereocenters. The van der Waals surface area contributed by atoms with Crippen molar-refractivity contribution in [1.29, 1.82) is 0 Å². The van der Waals surface area contributed by atoms with Gasteiger partial charge in [0.05, 0.1) is 18.4 Å². The molecule has 0 bridgehead atoms. The van der Waals surface area contributed by atoms with Crippen molar-refractivity contribution in [2.45, 2.75) is 20.8 Å². The topological polar surface area (TPSA) is 32.8 Å². The van der Waals surface area contributed by atoms with E-state index in [9.17, 15) is 4.79 Å². The predicted molar refractivity (Wildman–Crippen MR) is 86.5 cm³/mol. The van der Waals surface area contributed by atoms with Crippen LogP contribution in [0.4, 0.5) is 5.69 Å². The lowest BCUT2D eigenvalue weighted by Crippen LogP contribution is -2.47. The first-order valence-corrected chi connectivity index (χ1v) is 7.68. The van der Waals surface area contributed by atoms with Gasteiger partial charge in [0.2, 0.25) is 0 Å². The number of carbonyl (C=O) groups is 1. The average Bonchev–Trinajstić information content (AvgIpc) is 2.46. The molecule has 1 aromatic rings. The fraction of sp³-hybridized carbons (Fsp3) is 0.588.